The Labute approximate surface area is 585 Å². The summed E-state index contributed by atoms with van der Waals surface area (Å²) in [5.74, 6) is -3.07. The number of aliphatic hydroxyl groups excluding tert-OH is 2. The van der Waals surface area contributed by atoms with E-state index in [1.165, 1.54) is 18.7 Å². The number of rotatable bonds is 27. The van der Waals surface area contributed by atoms with Gasteiger partial charge in [-0.05, 0) is 158 Å². The lowest BCUT2D eigenvalue weighted by Gasteiger charge is -2.48. The predicted octanol–water partition coefficient (Wildman–Crippen LogP) is -4.31. The van der Waals surface area contributed by atoms with Gasteiger partial charge >= 0.3 is 0 Å². The van der Waals surface area contributed by atoms with Crippen molar-refractivity contribution in [1.29, 1.82) is 0 Å². The molecular weight excluding hydrogens is 1450 g/mol. The summed E-state index contributed by atoms with van der Waals surface area (Å²) in [6, 6.07) is 2.29. The fraction of sp³-hybridized carbons (Fsp3) is 0.839. The summed E-state index contributed by atoms with van der Waals surface area (Å²) in [5, 5.41) is 54.5. The molecule has 7 aliphatic heterocycles. The second-order valence-electron chi connectivity index (χ2n) is 28.9. The Morgan fingerprint density at radius 3 is 1.63 bits per heavy atom. The molecule has 44 heteroatoms. The number of sulfone groups is 2. The molecule has 10 aliphatic rings. The molecule has 0 amide bonds. The van der Waals surface area contributed by atoms with Crippen molar-refractivity contribution in [2.45, 2.75) is 190 Å². The lowest BCUT2D eigenvalue weighted by atomic mass is 9.76. The van der Waals surface area contributed by atoms with E-state index < -0.39 is 150 Å². The number of hydrazine groups is 2. The number of nitrogens with one attached hydrogen (secondary N) is 13. The monoisotopic (exact) mass is 1550 g/mol. The molecule has 2 aromatic rings. The van der Waals surface area contributed by atoms with Crippen LogP contribution in [0, 0.1) is 41.4 Å². The molecule has 0 radical (unpaired) electrons. The second kappa shape index (κ2) is 29.7. The van der Waals surface area contributed by atoms with Crippen molar-refractivity contribution >= 4 is 93.5 Å². The van der Waals surface area contributed by atoms with Crippen molar-refractivity contribution in [1.82, 2.24) is 81.9 Å². The van der Waals surface area contributed by atoms with Gasteiger partial charge in [0.2, 0.25) is 47.9 Å². The van der Waals surface area contributed by atoms with E-state index in [0.717, 1.165) is 37.6 Å². The van der Waals surface area contributed by atoms with Crippen LogP contribution in [0.25, 0.3) is 0 Å². The quantitative estimate of drug-likeness (QED) is 0.0297. The maximum atomic E-state index is 14.7. The number of aromatic nitrogens is 3. The SMILES string of the molecule is CC(O)CNS(=O)(=O)CCCS(=O)(=O)C1CCC2C3NC(NC4C5CCC(S(=O)(=O)NCCNc6nc(Nc7cc(S(=O)(=O)O)ccc7S(=O)(=O)O)nc(N(C)C)n6)CC5C5NC6C7CCC(S(=O)(=O)CCCS(=O)(=O)NCC(C)O)CC7C(NC7NC(N3)C3NCCCC73)N6NN45)C2C1. The maximum Gasteiger partial charge on any atom is 0.296 e. The lowest BCUT2D eigenvalue weighted by Crippen LogP contribution is -2.75. The van der Waals surface area contributed by atoms with E-state index >= 15 is 0 Å². The molecule has 12 rings (SSSR count). The van der Waals surface area contributed by atoms with Crippen LogP contribution in [-0.2, 0) is 70.0 Å². The average Bonchev–Trinajstić information content (AvgIpc) is 1.55. The summed E-state index contributed by atoms with van der Waals surface area (Å²) in [7, 11) is -26.1. The molecule has 37 nitrogen and oxygen atoms in total. The van der Waals surface area contributed by atoms with Crippen LogP contribution in [0.2, 0.25) is 0 Å². The van der Waals surface area contributed by atoms with Crippen LogP contribution in [-0.4, -0.2) is 256 Å². The zero-order valence-electron chi connectivity index (χ0n) is 56.0. The minimum atomic E-state index is -4.96. The number of fused-ring (bicyclic) bond motifs is 16. The van der Waals surface area contributed by atoms with Gasteiger partial charge in [-0.25, -0.2) is 56.3 Å². The van der Waals surface area contributed by atoms with Gasteiger partial charge in [0.15, 0.2) is 19.7 Å². The third-order valence-electron chi connectivity index (χ3n) is 21.9. The first-order valence-electron chi connectivity index (χ1n) is 34.3. The first kappa shape index (κ1) is 76.3. The van der Waals surface area contributed by atoms with Gasteiger partial charge in [-0.15, -0.1) is 0 Å². The van der Waals surface area contributed by atoms with Crippen molar-refractivity contribution in [2.24, 2.45) is 41.4 Å². The molecule has 21 unspecified atom stereocenters. The number of piperidine rings is 1. The van der Waals surface area contributed by atoms with E-state index in [2.05, 4.69) is 92.5 Å². The van der Waals surface area contributed by atoms with Gasteiger partial charge in [0.25, 0.3) is 20.2 Å². The summed E-state index contributed by atoms with van der Waals surface area (Å²) < 4.78 is 214. The van der Waals surface area contributed by atoms with Gasteiger partial charge in [-0.3, -0.25) is 41.0 Å². The summed E-state index contributed by atoms with van der Waals surface area (Å²) >= 11 is 0. The van der Waals surface area contributed by atoms with Crippen LogP contribution in [0.3, 0.4) is 0 Å². The number of benzene rings is 1. The van der Waals surface area contributed by atoms with E-state index in [4.69, 9.17) is 0 Å². The zero-order valence-corrected chi connectivity index (χ0v) is 61.7. The van der Waals surface area contributed by atoms with Gasteiger partial charge in [0.05, 0.1) is 111 Å². The molecule has 6 bridgehead atoms. The Bertz CT molecular complexity index is 4140. The number of hydrogen-bond donors (Lipinski definition) is 17. The largest absolute Gasteiger partial charge is 0.392 e. The van der Waals surface area contributed by atoms with Crippen molar-refractivity contribution < 1.29 is 78.2 Å². The van der Waals surface area contributed by atoms with Crippen molar-refractivity contribution in [3.8, 4) is 0 Å². The van der Waals surface area contributed by atoms with Crippen LogP contribution in [0.1, 0.15) is 97.3 Å². The summed E-state index contributed by atoms with van der Waals surface area (Å²) in [5.41, 5.74) is 3.39. The summed E-state index contributed by atoms with van der Waals surface area (Å²) in [4.78, 5) is 12.9. The van der Waals surface area contributed by atoms with E-state index in [9.17, 15) is 78.2 Å². The zero-order chi connectivity index (χ0) is 71.8. The normalized spacial score (nSPS) is 34.8. The summed E-state index contributed by atoms with van der Waals surface area (Å²) in [6.07, 6.45) is -0.350. The number of anilines is 4. The molecule has 3 saturated carbocycles. The van der Waals surface area contributed by atoms with E-state index in [1.807, 2.05) is 0 Å². The molecule has 100 heavy (non-hydrogen) atoms. The fourth-order valence-corrected chi connectivity index (χ4v) is 26.4. The van der Waals surface area contributed by atoms with Gasteiger partial charge in [-0.2, -0.15) is 47.3 Å². The minimum absolute atomic E-state index is 0.0299. The van der Waals surface area contributed by atoms with E-state index in [1.54, 1.807) is 14.1 Å². The predicted molar refractivity (Wildman–Crippen MR) is 367 cm³/mol. The molecule has 1 aromatic carbocycles. The smallest absolute Gasteiger partial charge is 0.296 e. The molecule has 0 spiro atoms. The fourth-order valence-electron chi connectivity index (χ4n) is 17.3. The molecule has 7 saturated heterocycles. The Hall–Kier alpha value is -3.40. The topological polar surface area (TPSA) is 525 Å². The average molecular weight is 1550 g/mol. The second-order valence-corrected chi connectivity index (χ2v) is 42.4. The number of aliphatic hydroxyl groups is 2. The third kappa shape index (κ3) is 16.9. The molecule has 566 valence electrons. The van der Waals surface area contributed by atoms with Crippen molar-refractivity contribution in [2.75, 3.05) is 85.4 Å². The summed E-state index contributed by atoms with van der Waals surface area (Å²) in [6.45, 7) is 3.04. The standard InChI is InChI=1S/C56H97N19O18S7/c1-30(76)28-60-96(82,83)22-6-20-94(78,79)32-9-13-36-40(24-32)48-63-46(36)64-49-45-39(8-5-17-57-45)47(65-49)66-52-41-25-33(95(80,81)21-7-23-97(84,85)61-29-31(2)77)10-14-38(41)51-68-53-42-26-34(11-15-37(42)50(67-48)74(53)72-75(51)52)98(86,87)59-19-18-58-54-69-55(71-56(70-54)73(3)4)62-43-27-35(99(88,89)90)12-16-44(43)100(91,92)93/h12,16,27,30-34,36-42,45-53,57,59-61,63-68,72,76-77H,5-11,13-15,17-26,28-29H2,1-4H3,(H,88,89,90)(H,91,92,93)(H2,58,62,69,70,71). The van der Waals surface area contributed by atoms with Crippen LogP contribution in [0.5, 0.6) is 0 Å². The van der Waals surface area contributed by atoms with Crippen LogP contribution in [0.15, 0.2) is 28.0 Å². The number of hydrogen-bond acceptors (Lipinski definition) is 32. The first-order valence-corrected chi connectivity index (χ1v) is 45.5. The Morgan fingerprint density at radius 1 is 0.540 bits per heavy atom. The van der Waals surface area contributed by atoms with Crippen LogP contribution >= 0.6 is 0 Å². The highest BCUT2D eigenvalue weighted by atomic mass is 32.2. The molecular formula is C56H97N19O18S7. The molecule has 17 N–H and O–H groups in total. The first-order chi connectivity index (χ1) is 46.9. The van der Waals surface area contributed by atoms with Crippen molar-refractivity contribution in [3.05, 3.63) is 18.2 Å². The molecule has 1 aromatic heterocycles. The van der Waals surface area contributed by atoms with Gasteiger partial charge in [-0.1, -0.05) is 0 Å². The van der Waals surface area contributed by atoms with E-state index in [0.29, 0.717) is 32.1 Å². The molecule has 10 fully saturated rings. The Balaban J connectivity index is 0.808. The molecule has 21 atom stereocenters. The van der Waals surface area contributed by atoms with Gasteiger partial charge in [0, 0.05) is 52.2 Å². The van der Waals surface area contributed by atoms with Gasteiger partial charge in [0.1, 0.15) is 4.90 Å². The third-order valence-corrected chi connectivity index (χ3v) is 33.1. The Morgan fingerprint density at radius 2 is 1.05 bits per heavy atom. The number of sulfonamides is 3. The van der Waals surface area contributed by atoms with Gasteiger partial charge < -0.3 is 31.1 Å². The highest BCUT2D eigenvalue weighted by Gasteiger charge is 2.64. The van der Waals surface area contributed by atoms with Crippen LogP contribution in [0.4, 0.5) is 23.5 Å². The highest BCUT2D eigenvalue weighted by Crippen LogP contribution is 2.52. The van der Waals surface area contributed by atoms with Crippen LogP contribution < -0.4 is 72.5 Å². The maximum absolute atomic E-state index is 14.7. The van der Waals surface area contributed by atoms with Crippen molar-refractivity contribution in [3.63, 3.8) is 0 Å². The number of nitrogens with zero attached hydrogens (tertiary/aromatic N) is 6. The van der Waals surface area contributed by atoms with E-state index in [-0.39, 0.29) is 166 Å². The Kier molecular flexibility index (Phi) is 22.7. The molecule has 8 heterocycles. The minimum Gasteiger partial charge on any atom is -0.392 e. The highest BCUT2D eigenvalue weighted by molar-refractivity contribution is 7.92. The lowest BCUT2D eigenvalue weighted by molar-refractivity contribution is -0.132. The molecule has 3 aliphatic carbocycles.